The molecule has 2 heterocycles. The first-order valence-electron chi connectivity index (χ1n) is 13.1. The van der Waals surface area contributed by atoms with E-state index in [0.717, 1.165) is 24.3 Å². The fraction of sp³-hybridized carbons (Fsp3) is 0.448. The normalized spacial score (nSPS) is 22.7. The average molecular weight is 569 g/mol. The molecule has 3 unspecified atom stereocenters. The molecule has 0 radical (unpaired) electrons. The average Bonchev–Trinajstić information content (AvgIpc) is 3.70. The molecule has 2 amide bonds. The topological polar surface area (TPSA) is 106 Å². The number of nitrogens with one attached hydrogen (secondary N) is 1. The number of nitrogens with zero attached hydrogens (tertiary/aromatic N) is 1. The van der Waals surface area contributed by atoms with Gasteiger partial charge < -0.3 is 14.5 Å². The molecule has 1 saturated heterocycles. The van der Waals surface area contributed by atoms with Crippen molar-refractivity contribution in [1.82, 2.24) is 10.2 Å². The van der Waals surface area contributed by atoms with E-state index in [4.69, 9.17) is 31.0 Å². The standard InChI is InChI=1S/C28H32N2O4S2.CO2/c1-16(2)10-11-29-26(31)21-14-19(6-8-24(21)33-3)23-9-7-20(34-23)15-25-27(32)30(28(35)36-25)22-13-17-4-5-18(22)12-17;2-1-3/h6-9,14-18,22H,4-5,10-13H2,1-3H3,(H,29,31);/b25-15-;. The highest BCUT2D eigenvalue weighted by Gasteiger charge is 2.48. The number of furan rings is 1. The van der Waals surface area contributed by atoms with E-state index in [2.05, 4.69) is 19.2 Å². The Bertz CT molecular complexity index is 1310. The second kappa shape index (κ2) is 12.8. The molecule has 206 valence electrons. The molecule has 5 rings (SSSR count). The Morgan fingerprint density at radius 1 is 1.26 bits per heavy atom. The first-order chi connectivity index (χ1) is 18.7. The van der Waals surface area contributed by atoms with Gasteiger partial charge in [-0.25, -0.2) is 0 Å². The Kier molecular flexibility index (Phi) is 9.43. The zero-order valence-electron chi connectivity index (χ0n) is 22.2. The zero-order chi connectivity index (χ0) is 28.1. The van der Waals surface area contributed by atoms with Gasteiger partial charge in [-0.15, -0.1) is 0 Å². The minimum absolute atomic E-state index is 0.00898. The number of rotatable bonds is 8. The lowest BCUT2D eigenvalue weighted by atomic mass is 9.94. The number of hydrogen-bond donors (Lipinski definition) is 1. The van der Waals surface area contributed by atoms with Crippen LogP contribution < -0.4 is 10.1 Å². The van der Waals surface area contributed by atoms with E-state index in [0.29, 0.717) is 50.4 Å². The maximum atomic E-state index is 13.2. The van der Waals surface area contributed by atoms with Gasteiger partial charge >= 0.3 is 6.15 Å². The van der Waals surface area contributed by atoms with Gasteiger partial charge in [0.1, 0.15) is 21.6 Å². The van der Waals surface area contributed by atoms with Crippen molar-refractivity contribution >= 4 is 52.3 Å². The van der Waals surface area contributed by atoms with Gasteiger partial charge in [0.2, 0.25) is 0 Å². The Balaban J connectivity index is 0.00000112. The Hall–Kier alpha value is -3.20. The molecule has 1 aromatic carbocycles. The van der Waals surface area contributed by atoms with Gasteiger partial charge in [0.15, 0.2) is 0 Å². The first kappa shape index (κ1) is 28.8. The van der Waals surface area contributed by atoms with Gasteiger partial charge in [0.05, 0.1) is 17.6 Å². The predicted molar refractivity (Wildman–Crippen MR) is 152 cm³/mol. The van der Waals surface area contributed by atoms with Crippen molar-refractivity contribution in [1.29, 1.82) is 0 Å². The minimum Gasteiger partial charge on any atom is -0.496 e. The van der Waals surface area contributed by atoms with Crippen LogP contribution in [-0.4, -0.2) is 46.9 Å². The third-order valence-corrected chi connectivity index (χ3v) is 8.82. The van der Waals surface area contributed by atoms with Crippen LogP contribution in [0.25, 0.3) is 17.4 Å². The van der Waals surface area contributed by atoms with Crippen molar-refractivity contribution in [2.45, 2.75) is 52.0 Å². The summed E-state index contributed by atoms with van der Waals surface area (Å²) in [5.41, 5.74) is 1.22. The summed E-state index contributed by atoms with van der Waals surface area (Å²) in [5.74, 6) is 3.36. The highest BCUT2D eigenvalue weighted by Crippen LogP contribution is 2.49. The smallest absolute Gasteiger partial charge is 0.373 e. The van der Waals surface area contributed by atoms with Gasteiger partial charge in [-0.2, -0.15) is 9.59 Å². The first-order valence-corrected chi connectivity index (χ1v) is 14.3. The lowest BCUT2D eigenvalue weighted by Crippen LogP contribution is -2.41. The molecule has 0 spiro atoms. The van der Waals surface area contributed by atoms with Crippen molar-refractivity contribution in [3.8, 4) is 17.1 Å². The molecule has 2 bridgehead atoms. The number of ether oxygens (including phenoxy) is 1. The van der Waals surface area contributed by atoms with E-state index in [1.54, 1.807) is 25.3 Å². The Morgan fingerprint density at radius 2 is 2.03 bits per heavy atom. The van der Waals surface area contributed by atoms with Crippen molar-refractivity contribution in [3.05, 3.63) is 46.6 Å². The third-order valence-electron chi connectivity index (χ3n) is 7.49. The number of carbonyl (C=O) groups is 2. The number of thioether (sulfide) groups is 1. The van der Waals surface area contributed by atoms with Crippen molar-refractivity contribution in [2.24, 2.45) is 17.8 Å². The van der Waals surface area contributed by atoms with Crippen LogP contribution in [0.3, 0.4) is 0 Å². The minimum atomic E-state index is -0.176. The summed E-state index contributed by atoms with van der Waals surface area (Å²) >= 11 is 6.95. The quantitative estimate of drug-likeness (QED) is 0.327. The molecule has 1 aliphatic heterocycles. The van der Waals surface area contributed by atoms with Gasteiger partial charge in [0.25, 0.3) is 11.8 Å². The SMILES string of the molecule is COc1ccc(-c2ccc(/C=C3\SC(=S)N(C4CC5CCC4C5)C3=O)o2)cc1C(=O)NCCC(C)C.O=C=O. The van der Waals surface area contributed by atoms with Crippen LogP contribution in [-0.2, 0) is 14.4 Å². The zero-order valence-corrected chi connectivity index (χ0v) is 23.9. The molecule has 3 atom stereocenters. The number of carbonyl (C=O) groups excluding carboxylic acids is 4. The molecule has 3 aliphatic rings. The van der Waals surface area contributed by atoms with Gasteiger partial charge in [-0.3, -0.25) is 14.5 Å². The molecule has 3 fully saturated rings. The predicted octanol–water partition coefficient (Wildman–Crippen LogP) is 5.54. The summed E-state index contributed by atoms with van der Waals surface area (Å²) in [7, 11) is 1.55. The van der Waals surface area contributed by atoms with Crippen LogP contribution in [0.4, 0.5) is 0 Å². The van der Waals surface area contributed by atoms with E-state index in [9.17, 15) is 9.59 Å². The number of amides is 2. The summed E-state index contributed by atoms with van der Waals surface area (Å²) in [6, 6.07) is 9.35. The molecule has 8 nitrogen and oxygen atoms in total. The summed E-state index contributed by atoms with van der Waals surface area (Å²) < 4.78 is 12.1. The van der Waals surface area contributed by atoms with Crippen LogP contribution in [0.2, 0.25) is 0 Å². The van der Waals surface area contributed by atoms with Gasteiger partial charge in [-0.05, 0) is 73.8 Å². The van der Waals surface area contributed by atoms with Crippen LogP contribution in [0.5, 0.6) is 5.75 Å². The van der Waals surface area contributed by atoms with E-state index in [-0.39, 0.29) is 24.0 Å². The number of benzene rings is 1. The fourth-order valence-corrected chi connectivity index (χ4v) is 6.97. The third kappa shape index (κ3) is 6.52. The molecular formula is C29H32N2O6S2. The fourth-order valence-electron chi connectivity index (χ4n) is 5.62. The van der Waals surface area contributed by atoms with E-state index >= 15 is 0 Å². The number of hydrogen-bond acceptors (Lipinski definition) is 8. The number of methoxy groups -OCH3 is 1. The molecule has 1 N–H and O–H groups in total. The molecule has 1 aromatic heterocycles. The van der Waals surface area contributed by atoms with Gasteiger partial charge in [-0.1, -0.05) is 44.2 Å². The molecule has 10 heteroatoms. The summed E-state index contributed by atoms with van der Waals surface area (Å²) in [5, 5.41) is 2.97. The van der Waals surface area contributed by atoms with Crippen LogP contribution in [0.15, 0.2) is 39.7 Å². The highest BCUT2D eigenvalue weighted by molar-refractivity contribution is 8.26. The largest absolute Gasteiger partial charge is 0.496 e. The van der Waals surface area contributed by atoms with Crippen molar-refractivity contribution in [3.63, 3.8) is 0 Å². The van der Waals surface area contributed by atoms with Crippen molar-refractivity contribution < 1.29 is 28.3 Å². The lowest BCUT2D eigenvalue weighted by molar-refractivity contribution is -0.191. The number of thiocarbonyl (C=S) groups is 1. The van der Waals surface area contributed by atoms with E-state index < -0.39 is 0 Å². The van der Waals surface area contributed by atoms with Crippen LogP contribution >= 0.6 is 24.0 Å². The summed E-state index contributed by atoms with van der Waals surface area (Å²) in [4.78, 5) is 44.7. The van der Waals surface area contributed by atoms with E-state index in [1.165, 1.54) is 31.0 Å². The number of fused-ring (bicyclic) bond motifs is 2. The molecule has 39 heavy (non-hydrogen) atoms. The molecule has 2 aliphatic carbocycles. The lowest BCUT2D eigenvalue weighted by Gasteiger charge is -2.30. The Morgan fingerprint density at radius 3 is 2.67 bits per heavy atom. The summed E-state index contributed by atoms with van der Waals surface area (Å²) in [6.45, 7) is 4.85. The second-order valence-electron chi connectivity index (χ2n) is 10.4. The van der Waals surface area contributed by atoms with Crippen LogP contribution in [0.1, 0.15) is 62.1 Å². The summed E-state index contributed by atoms with van der Waals surface area (Å²) in [6.07, 6.45) is 7.71. The molecule has 2 saturated carbocycles. The maximum Gasteiger partial charge on any atom is 0.373 e. The maximum absolute atomic E-state index is 13.2. The monoisotopic (exact) mass is 568 g/mol. The highest BCUT2D eigenvalue weighted by atomic mass is 32.2. The van der Waals surface area contributed by atoms with Crippen LogP contribution in [0, 0.1) is 17.8 Å². The van der Waals surface area contributed by atoms with E-state index in [1.807, 2.05) is 23.1 Å². The Labute approximate surface area is 237 Å². The molecular weight excluding hydrogens is 536 g/mol. The van der Waals surface area contributed by atoms with Crippen molar-refractivity contribution in [2.75, 3.05) is 13.7 Å². The molecule has 2 aromatic rings. The second-order valence-corrected chi connectivity index (χ2v) is 12.1. The van der Waals surface area contributed by atoms with Gasteiger partial charge in [0, 0.05) is 24.2 Å².